The van der Waals surface area contributed by atoms with E-state index < -0.39 is 4.92 Å². The summed E-state index contributed by atoms with van der Waals surface area (Å²) >= 11 is 0. The van der Waals surface area contributed by atoms with Crippen molar-refractivity contribution in [1.29, 1.82) is 0 Å². The first-order chi connectivity index (χ1) is 9.65. The fourth-order valence-corrected chi connectivity index (χ4v) is 2.09. The molecule has 0 aliphatic carbocycles. The van der Waals surface area contributed by atoms with Crippen molar-refractivity contribution in [2.24, 2.45) is 7.05 Å². The van der Waals surface area contributed by atoms with Crippen LogP contribution in [0.2, 0.25) is 0 Å². The Balaban J connectivity index is 1.88. The number of nitrogens with one attached hydrogen (secondary N) is 1. The maximum atomic E-state index is 11.1. The molecular formula is C13H13N3O4. The van der Waals surface area contributed by atoms with Crippen molar-refractivity contribution in [3.05, 3.63) is 46.3 Å². The Morgan fingerprint density at radius 1 is 1.40 bits per heavy atom. The molecule has 0 atom stereocenters. The highest BCUT2D eigenvalue weighted by Crippen LogP contribution is 2.40. The second kappa shape index (κ2) is 4.76. The Kier molecular flexibility index (Phi) is 2.94. The highest BCUT2D eigenvalue weighted by Gasteiger charge is 2.23. The van der Waals surface area contributed by atoms with Crippen LogP contribution in [0.5, 0.6) is 11.5 Å². The van der Waals surface area contributed by atoms with E-state index >= 15 is 0 Å². The van der Waals surface area contributed by atoms with Crippen LogP contribution in [0.3, 0.4) is 0 Å². The van der Waals surface area contributed by atoms with E-state index in [2.05, 4.69) is 5.32 Å². The molecule has 2 aromatic rings. The highest BCUT2D eigenvalue weighted by atomic mass is 16.7. The standard InChI is InChI=1S/C13H13N3O4/c1-15-4-2-3-9(15)7-14-10-5-12-13(20-8-19-12)6-11(10)16(17)18/h2-6,14H,7-8H2,1H3. The molecule has 0 saturated carbocycles. The summed E-state index contributed by atoms with van der Waals surface area (Å²) in [4.78, 5) is 10.7. The molecule has 104 valence electrons. The van der Waals surface area contributed by atoms with Crippen LogP contribution in [-0.4, -0.2) is 16.3 Å². The number of rotatable bonds is 4. The van der Waals surface area contributed by atoms with Crippen molar-refractivity contribution >= 4 is 11.4 Å². The third-order valence-corrected chi connectivity index (χ3v) is 3.20. The lowest BCUT2D eigenvalue weighted by atomic mass is 10.2. The molecule has 1 aliphatic rings. The molecule has 0 amide bonds. The predicted octanol–water partition coefficient (Wildman–Crippen LogP) is 2.27. The van der Waals surface area contributed by atoms with Gasteiger partial charge in [0.25, 0.3) is 5.69 Å². The maximum Gasteiger partial charge on any atom is 0.296 e. The zero-order valence-electron chi connectivity index (χ0n) is 10.8. The fraction of sp³-hybridized carbons (Fsp3) is 0.231. The van der Waals surface area contributed by atoms with Crippen molar-refractivity contribution in [2.45, 2.75) is 6.54 Å². The van der Waals surface area contributed by atoms with Crippen molar-refractivity contribution in [1.82, 2.24) is 4.57 Å². The number of aryl methyl sites for hydroxylation is 1. The van der Waals surface area contributed by atoms with Gasteiger partial charge in [-0.25, -0.2) is 0 Å². The number of hydrogen-bond acceptors (Lipinski definition) is 5. The van der Waals surface area contributed by atoms with E-state index in [1.807, 2.05) is 29.9 Å². The molecule has 2 heterocycles. The Morgan fingerprint density at radius 2 is 2.15 bits per heavy atom. The minimum Gasteiger partial charge on any atom is -0.454 e. The van der Waals surface area contributed by atoms with Crippen LogP contribution in [0.1, 0.15) is 5.69 Å². The molecule has 3 rings (SSSR count). The SMILES string of the molecule is Cn1cccc1CNc1cc2c(cc1[N+](=O)[O-])OCO2. The van der Waals surface area contributed by atoms with E-state index in [-0.39, 0.29) is 12.5 Å². The highest BCUT2D eigenvalue weighted by molar-refractivity contribution is 5.69. The predicted molar refractivity (Wildman–Crippen MR) is 72.0 cm³/mol. The first-order valence-electron chi connectivity index (χ1n) is 6.07. The van der Waals surface area contributed by atoms with E-state index in [4.69, 9.17) is 9.47 Å². The Morgan fingerprint density at radius 3 is 2.80 bits per heavy atom. The molecule has 7 heteroatoms. The van der Waals surface area contributed by atoms with Gasteiger partial charge in [-0.15, -0.1) is 0 Å². The van der Waals surface area contributed by atoms with Gasteiger partial charge in [0, 0.05) is 25.0 Å². The summed E-state index contributed by atoms with van der Waals surface area (Å²) in [6.45, 7) is 0.581. The minimum absolute atomic E-state index is 0.0246. The summed E-state index contributed by atoms with van der Waals surface area (Å²) in [6, 6.07) is 6.86. The van der Waals surface area contributed by atoms with Gasteiger partial charge in [-0.1, -0.05) is 0 Å². The number of nitro groups is 1. The number of benzene rings is 1. The summed E-state index contributed by atoms with van der Waals surface area (Å²) in [5, 5.41) is 14.2. The molecule has 0 unspecified atom stereocenters. The van der Waals surface area contributed by atoms with Gasteiger partial charge in [-0.2, -0.15) is 0 Å². The quantitative estimate of drug-likeness (QED) is 0.684. The zero-order chi connectivity index (χ0) is 14.1. The monoisotopic (exact) mass is 275 g/mol. The molecule has 0 spiro atoms. The van der Waals surface area contributed by atoms with Gasteiger partial charge in [0.15, 0.2) is 11.5 Å². The van der Waals surface area contributed by atoms with Crippen LogP contribution in [0.15, 0.2) is 30.5 Å². The second-order valence-electron chi connectivity index (χ2n) is 4.44. The number of ether oxygens (including phenoxy) is 2. The summed E-state index contributed by atoms with van der Waals surface area (Å²) in [5.41, 5.74) is 1.42. The number of hydrogen-bond donors (Lipinski definition) is 1. The Hall–Kier alpha value is -2.70. The molecule has 1 aromatic heterocycles. The summed E-state index contributed by atoms with van der Waals surface area (Å²) in [5.74, 6) is 0.922. The molecule has 1 N–H and O–H groups in total. The van der Waals surface area contributed by atoms with Crippen LogP contribution >= 0.6 is 0 Å². The molecular weight excluding hydrogens is 262 g/mol. The summed E-state index contributed by atoms with van der Waals surface area (Å²) in [7, 11) is 1.92. The molecule has 0 radical (unpaired) electrons. The van der Waals surface area contributed by atoms with E-state index in [0.29, 0.717) is 23.7 Å². The molecule has 20 heavy (non-hydrogen) atoms. The van der Waals surface area contributed by atoms with Crippen molar-refractivity contribution in [3.63, 3.8) is 0 Å². The zero-order valence-corrected chi connectivity index (χ0v) is 10.8. The van der Waals surface area contributed by atoms with Crippen LogP contribution in [-0.2, 0) is 13.6 Å². The molecule has 1 aliphatic heterocycles. The minimum atomic E-state index is -0.435. The van der Waals surface area contributed by atoms with E-state index in [1.165, 1.54) is 6.07 Å². The first kappa shape index (κ1) is 12.3. The van der Waals surface area contributed by atoms with Gasteiger partial charge in [0.2, 0.25) is 6.79 Å². The van der Waals surface area contributed by atoms with E-state index in [9.17, 15) is 10.1 Å². The molecule has 1 aromatic carbocycles. The van der Waals surface area contributed by atoms with Gasteiger partial charge < -0.3 is 19.4 Å². The number of anilines is 1. The lowest BCUT2D eigenvalue weighted by molar-refractivity contribution is -0.384. The Bertz CT molecular complexity index is 666. The lowest BCUT2D eigenvalue weighted by Gasteiger charge is -2.09. The number of aromatic nitrogens is 1. The number of fused-ring (bicyclic) bond motifs is 1. The molecule has 7 nitrogen and oxygen atoms in total. The van der Waals surface area contributed by atoms with E-state index in [0.717, 1.165) is 5.69 Å². The summed E-state index contributed by atoms with van der Waals surface area (Å²) in [6.07, 6.45) is 1.92. The van der Waals surface area contributed by atoms with Crippen molar-refractivity contribution in [3.8, 4) is 11.5 Å². The van der Waals surface area contributed by atoms with Gasteiger partial charge >= 0.3 is 0 Å². The average molecular weight is 275 g/mol. The van der Waals surface area contributed by atoms with Gasteiger partial charge in [0.05, 0.1) is 17.5 Å². The lowest BCUT2D eigenvalue weighted by Crippen LogP contribution is -2.06. The van der Waals surface area contributed by atoms with Gasteiger partial charge in [-0.05, 0) is 12.1 Å². The van der Waals surface area contributed by atoms with Gasteiger partial charge in [-0.3, -0.25) is 10.1 Å². The van der Waals surface area contributed by atoms with E-state index in [1.54, 1.807) is 6.07 Å². The molecule has 0 fully saturated rings. The van der Waals surface area contributed by atoms with Crippen molar-refractivity contribution < 1.29 is 14.4 Å². The topological polar surface area (TPSA) is 78.6 Å². The summed E-state index contributed by atoms with van der Waals surface area (Å²) < 4.78 is 12.3. The normalized spacial score (nSPS) is 12.4. The number of nitrogens with zero attached hydrogens (tertiary/aromatic N) is 2. The van der Waals surface area contributed by atoms with Crippen molar-refractivity contribution in [2.75, 3.05) is 12.1 Å². The smallest absolute Gasteiger partial charge is 0.296 e. The molecule has 0 saturated heterocycles. The third-order valence-electron chi connectivity index (χ3n) is 3.20. The van der Waals surface area contributed by atoms with Crippen LogP contribution in [0.25, 0.3) is 0 Å². The fourth-order valence-electron chi connectivity index (χ4n) is 2.09. The van der Waals surface area contributed by atoms with Crippen LogP contribution in [0, 0.1) is 10.1 Å². The van der Waals surface area contributed by atoms with Crippen LogP contribution < -0.4 is 14.8 Å². The molecule has 0 bridgehead atoms. The Labute approximate surface area is 114 Å². The first-order valence-corrected chi connectivity index (χ1v) is 6.07. The average Bonchev–Trinajstić information content (AvgIpc) is 3.03. The number of nitro benzene ring substituents is 1. The third kappa shape index (κ3) is 2.13. The van der Waals surface area contributed by atoms with Crippen LogP contribution in [0.4, 0.5) is 11.4 Å². The van der Waals surface area contributed by atoms with Gasteiger partial charge in [0.1, 0.15) is 5.69 Å². The second-order valence-corrected chi connectivity index (χ2v) is 4.44. The maximum absolute atomic E-state index is 11.1. The largest absolute Gasteiger partial charge is 0.454 e.